The molecule has 5 nitrogen and oxygen atoms in total. The number of likely N-dealkylation sites (tertiary alicyclic amines) is 1. The van der Waals surface area contributed by atoms with Crippen molar-refractivity contribution in [1.29, 1.82) is 0 Å². The summed E-state index contributed by atoms with van der Waals surface area (Å²) < 4.78 is 0. The van der Waals surface area contributed by atoms with E-state index in [4.69, 9.17) is 16.6 Å². The molecule has 1 atom stereocenters. The maximum absolute atomic E-state index is 11.8. The molecule has 2 aromatic rings. The molecule has 2 N–H and O–H groups in total. The molecule has 3 heterocycles. The summed E-state index contributed by atoms with van der Waals surface area (Å²) in [5.74, 6) is 1.29. The van der Waals surface area contributed by atoms with Gasteiger partial charge in [0.05, 0.1) is 22.9 Å². The molecule has 1 saturated carbocycles. The minimum Gasteiger partial charge on any atom is -0.381 e. The highest BCUT2D eigenvalue weighted by molar-refractivity contribution is 8.14. The van der Waals surface area contributed by atoms with Crippen molar-refractivity contribution in [2.24, 2.45) is 4.99 Å². The predicted molar refractivity (Wildman–Crippen MR) is 122 cm³/mol. The fourth-order valence-electron chi connectivity index (χ4n) is 4.68. The van der Waals surface area contributed by atoms with Gasteiger partial charge >= 0.3 is 0 Å². The number of aromatic amines is 1. The van der Waals surface area contributed by atoms with Crippen LogP contribution in [-0.2, 0) is 4.79 Å². The van der Waals surface area contributed by atoms with Crippen LogP contribution >= 0.6 is 23.4 Å². The molecule has 154 valence electrons. The molecule has 0 radical (unpaired) electrons. The Labute approximate surface area is 180 Å². The smallest absolute Gasteiger partial charge is 0.222 e. The summed E-state index contributed by atoms with van der Waals surface area (Å²) in [6, 6.07) is 7.04. The molecule has 1 amide bonds. The molecular formula is C22H27ClN4OS. The summed E-state index contributed by atoms with van der Waals surface area (Å²) in [7, 11) is 0. The molecule has 1 aromatic heterocycles. The van der Waals surface area contributed by atoms with Gasteiger partial charge in [0.1, 0.15) is 5.04 Å². The third-order valence-corrected chi connectivity index (χ3v) is 7.62. The van der Waals surface area contributed by atoms with E-state index >= 15 is 0 Å². The van der Waals surface area contributed by atoms with Gasteiger partial charge in [-0.25, -0.2) is 0 Å². The number of carbonyl (C=O) groups is 1. The minimum absolute atomic E-state index is 0.287. The van der Waals surface area contributed by atoms with E-state index in [0.717, 1.165) is 64.0 Å². The van der Waals surface area contributed by atoms with Crippen LogP contribution in [0.25, 0.3) is 10.9 Å². The summed E-state index contributed by atoms with van der Waals surface area (Å²) in [5, 5.41) is 6.65. The SMILES string of the molecule is O=C1CCCN1CC[C@@H]1CSC(c2cc3cc(Cl)cc(NC4CCCC4)c3[nH]2)=N1. The van der Waals surface area contributed by atoms with Crippen molar-refractivity contribution < 1.29 is 4.79 Å². The quantitative estimate of drug-likeness (QED) is 0.674. The van der Waals surface area contributed by atoms with Crippen molar-refractivity contribution >= 4 is 50.9 Å². The zero-order valence-electron chi connectivity index (χ0n) is 16.5. The van der Waals surface area contributed by atoms with Crippen molar-refractivity contribution in [1.82, 2.24) is 9.88 Å². The van der Waals surface area contributed by atoms with Gasteiger partial charge < -0.3 is 15.2 Å². The number of H-pyrrole nitrogens is 1. The Balaban J connectivity index is 1.32. The van der Waals surface area contributed by atoms with Gasteiger partial charge in [0.25, 0.3) is 0 Å². The van der Waals surface area contributed by atoms with Crippen molar-refractivity contribution in [3.63, 3.8) is 0 Å². The van der Waals surface area contributed by atoms with Gasteiger partial charge in [0.15, 0.2) is 0 Å². The number of thioether (sulfide) groups is 1. The van der Waals surface area contributed by atoms with Gasteiger partial charge in [-0.2, -0.15) is 0 Å². The Hall–Kier alpha value is -1.66. The van der Waals surface area contributed by atoms with Gasteiger partial charge in [-0.3, -0.25) is 9.79 Å². The number of fused-ring (bicyclic) bond motifs is 1. The second kappa shape index (κ2) is 8.23. The summed E-state index contributed by atoms with van der Waals surface area (Å²) in [6.45, 7) is 1.74. The van der Waals surface area contributed by atoms with Crippen LogP contribution in [-0.4, -0.2) is 51.8 Å². The normalized spacial score (nSPS) is 22.8. The molecule has 0 spiro atoms. The number of nitrogens with one attached hydrogen (secondary N) is 2. The topological polar surface area (TPSA) is 60.5 Å². The van der Waals surface area contributed by atoms with Crippen LogP contribution in [0.3, 0.4) is 0 Å². The third-order valence-electron chi connectivity index (χ3n) is 6.25. The van der Waals surface area contributed by atoms with Crippen molar-refractivity contribution in [3.05, 3.63) is 28.9 Å². The average molecular weight is 431 g/mol. The molecule has 1 saturated heterocycles. The number of carbonyl (C=O) groups excluding carboxylic acids is 1. The lowest BCUT2D eigenvalue weighted by molar-refractivity contribution is -0.127. The number of hydrogen-bond donors (Lipinski definition) is 2. The van der Waals surface area contributed by atoms with E-state index in [9.17, 15) is 4.79 Å². The van der Waals surface area contributed by atoms with Gasteiger partial charge in [0, 0.05) is 41.7 Å². The Morgan fingerprint density at radius 1 is 1.24 bits per heavy atom. The maximum atomic E-state index is 11.8. The molecule has 0 unspecified atom stereocenters. The standard InChI is InChI=1S/C22H27ClN4OS/c23-15-10-14-11-19(26-21(14)18(12-15)24-16-4-1-2-5-16)22-25-17(13-29-22)7-9-27-8-3-6-20(27)28/h10-12,16-17,24,26H,1-9,13H2/t17-/m1/s1. The monoisotopic (exact) mass is 430 g/mol. The van der Waals surface area contributed by atoms with Crippen LogP contribution in [0.4, 0.5) is 5.69 Å². The first kappa shape index (κ1) is 19.3. The number of nitrogens with zero attached hydrogens (tertiary/aromatic N) is 2. The number of amides is 1. The van der Waals surface area contributed by atoms with Crippen LogP contribution < -0.4 is 5.32 Å². The molecule has 2 aliphatic heterocycles. The van der Waals surface area contributed by atoms with E-state index in [1.807, 2.05) is 17.0 Å². The largest absolute Gasteiger partial charge is 0.381 e. The molecule has 7 heteroatoms. The van der Waals surface area contributed by atoms with E-state index in [0.29, 0.717) is 18.4 Å². The molecule has 29 heavy (non-hydrogen) atoms. The lowest BCUT2D eigenvalue weighted by Crippen LogP contribution is -2.28. The molecule has 0 bridgehead atoms. The van der Waals surface area contributed by atoms with E-state index in [1.54, 1.807) is 11.8 Å². The van der Waals surface area contributed by atoms with Crippen LogP contribution in [0.2, 0.25) is 5.02 Å². The van der Waals surface area contributed by atoms with E-state index in [2.05, 4.69) is 16.4 Å². The second-order valence-electron chi connectivity index (χ2n) is 8.40. The summed E-state index contributed by atoms with van der Waals surface area (Å²) in [5.41, 5.74) is 3.28. The molecule has 3 aliphatic rings. The first-order valence-corrected chi connectivity index (χ1v) is 12.1. The molecule has 1 aromatic carbocycles. The van der Waals surface area contributed by atoms with Crippen LogP contribution in [0.15, 0.2) is 23.2 Å². The summed E-state index contributed by atoms with van der Waals surface area (Å²) >= 11 is 8.20. The summed E-state index contributed by atoms with van der Waals surface area (Å²) in [4.78, 5) is 22.3. The molecule has 2 fully saturated rings. The van der Waals surface area contributed by atoms with Gasteiger partial charge in [0.2, 0.25) is 5.91 Å². The van der Waals surface area contributed by atoms with Crippen LogP contribution in [0.1, 0.15) is 50.6 Å². The Morgan fingerprint density at radius 2 is 2.10 bits per heavy atom. The minimum atomic E-state index is 0.287. The lowest BCUT2D eigenvalue weighted by Gasteiger charge is -2.16. The van der Waals surface area contributed by atoms with Gasteiger partial charge in [-0.1, -0.05) is 24.4 Å². The maximum Gasteiger partial charge on any atom is 0.222 e. The Bertz CT molecular complexity index is 950. The second-order valence-corrected chi connectivity index (χ2v) is 9.84. The van der Waals surface area contributed by atoms with Crippen molar-refractivity contribution in [2.45, 2.75) is 57.0 Å². The Morgan fingerprint density at radius 3 is 2.90 bits per heavy atom. The van der Waals surface area contributed by atoms with E-state index in [-0.39, 0.29) is 6.04 Å². The zero-order chi connectivity index (χ0) is 19.8. The number of aliphatic imine (C=N–C) groups is 1. The highest BCUT2D eigenvalue weighted by Crippen LogP contribution is 2.33. The number of rotatable bonds is 6. The molecule has 5 rings (SSSR count). The lowest BCUT2D eigenvalue weighted by atomic mass is 10.2. The predicted octanol–water partition coefficient (Wildman–Crippen LogP) is 5.05. The number of halogens is 1. The van der Waals surface area contributed by atoms with Crippen LogP contribution in [0, 0.1) is 0 Å². The first-order valence-electron chi connectivity index (χ1n) is 10.7. The number of aromatic nitrogens is 1. The number of anilines is 1. The van der Waals surface area contributed by atoms with Gasteiger partial charge in [-0.15, -0.1) is 11.8 Å². The Kier molecular flexibility index (Phi) is 5.48. The van der Waals surface area contributed by atoms with Crippen molar-refractivity contribution in [2.75, 3.05) is 24.2 Å². The van der Waals surface area contributed by atoms with Crippen LogP contribution in [0.5, 0.6) is 0 Å². The first-order chi connectivity index (χ1) is 14.2. The highest BCUT2D eigenvalue weighted by atomic mass is 35.5. The highest BCUT2D eigenvalue weighted by Gasteiger charge is 2.25. The van der Waals surface area contributed by atoms with Gasteiger partial charge in [-0.05, 0) is 43.9 Å². The third kappa shape index (κ3) is 4.15. The average Bonchev–Trinajstić information content (AvgIpc) is 3.47. The number of hydrogen-bond acceptors (Lipinski definition) is 4. The van der Waals surface area contributed by atoms with E-state index < -0.39 is 0 Å². The molecule has 1 aliphatic carbocycles. The number of benzene rings is 1. The van der Waals surface area contributed by atoms with Crippen molar-refractivity contribution in [3.8, 4) is 0 Å². The zero-order valence-corrected chi connectivity index (χ0v) is 18.1. The molecular weight excluding hydrogens is 404 g/mol. The fraction of sp³-hybridized carbons (Fsp3) is 0.545. The van der Waals surface area contributed by atoms with E-state index in [1.165, 1.54) is 25.7 Å². The fourth-order valence-corrected chi connectivity index (χ4v) is 5.99. The summed E-state index contributed by atoms with van der Waals surface area (Å²) in [6.07, 6.45) is 7.72.